The van der Waals surface area contributed by atoms with E-state index in [4.69, 9.17) is 4.74 Å². The van der Waals surface area contributed by atoms with Crippen molar-refractivity contribution < 1.29 is 9.53 Å². The topological polar surface area (TPSA) is 38.3 Å². The molecule has 1 N–H and O–H groups in total. The Labute approximate surface area is 152 Å². The maximum atomic E-state index is 12.3. The number of aryl methyl sites for hydroxylation is 1. The molecule has 3 nitrogen and oxygen atoms in total. The van der Waals surface area contributed by atoms with E-state index < -0.39 is 0 Å². The second-order valence-corrected chi connectivity index (χ2v) is 7.21. The summed E-state index contributed by atoms with van der Waals surface area (Å²) in [6, 6.07) is 15.8. The number of hydrogen-bond donors (Lipinski definition) is 1. The number of rotatable bonds is 7. The number of ether oxygens (including phenoxy) is 1. The van der Waals surface area contributed by atoms with Crippen molar-refractivity contribution in [3.05, 3.63) is 64.1 Å². The Kier molecular flexibility index (Phi) is 6.85. The third kappa shape index (κ3) is 5.68. The highest BCUT2D eigenvalue weighted by molar-refractivity contribution is 9.10. The van der Waals surface area contributed by atoms with Gasteiger partial charge < -0.3 is 10.1 Å². The van der Waals surface area contributed by atoms with Crippen LogP contribution in [0.4, 0.5) is 0 Å². The van der Waals surface area contributed by atoms with Gasteiger partial charge in [-0.05, 0) is 48.6 Å². The predicted molar refractivity (Wildman–Crippen MR) is 101 cm³/mol. The monoisotopic (exact) mass is 389 g/mol. The highest BCUT2D eigenvalue weighted by Gasteiger charge is 2.16. The molecule has 1 atom stereocenters. The molecule has 2 aromatic rings. The molecule has 1 amide bonds. The summed E-state index contributed by atoms with van der Waals surface area (Å²) >= 11 is 3.46. The molecule has 4 heteroatoms. The predicted octanol–water partition coefficient (Wildman–Crippen LogP) is 5.04. The molecule has 128 valence electrons. The molecular formula is C20H24BrNO2. The van der Waals surface area contributed by atoms with Gasteiger partial charge in [0.2, 0.25) is 0 Å². The third-order valence-electron chi connectivity index (χ3n) is 3.74. The van der Waals surface area contributed by atoms with E-state index in [1.807, 2.05) is 55.5 Å². The zero-order chi connectivity index (χ0) is 17.5. The molecule has 0 saturated carbocycles. The van der Waals surface area contributed by atoms with Crippen LogP contribution < -0.4 is 10.1 Å². The normalized spacial score (nSPS) is 12.0. The van der Waals surface area contributed by atoms with Gasteiger partial charge in [-0.2, -0.15) is 0 Å². The van der Waals surface area contributed by atoms with Crippen LogP contribution in [0.2, 0.25) is 0 Å². The van der Waals surface area contributed by atoms with Gasteiger partial charge in [-0.15, -0.1) is 0 Å². The summed E-state index contributed by atoms with van der Waals surface area (Å²) in [5.41, 5.74) is 2.20. The number of benzene rings is 2. The van der Waals surface area contributed by atoms with Gasteiger partial charge in [0.15, 0.2) is 6.61 Å². The van der Waals surface area contributed by atoms with E-state index in [9.17, 15) is 4.79 Å². The summed E-state index contributed by atoms with van der Waals surface area (Å²) in [6.07, 6.45) is 0.896. The molecule has 0 saturated heterocycles. The molecule has 24 heavy (non-hydrogen) atoms. The van der Waals surface area contributed by atoms with Crippen molar-refractivity contribution >= 4 is 21.8 Å². The largest absolute Gasteiger partial charge is 0.484 e. The Morgan fingerprint density at radius 2 is 1.88 bits per heavy atom. The Balaban J connectivity index is 1.96. The number of carbonyl (C=O) groups excluding carboxylic acids is 1. The van der Waals surface area contributed by atoms with Crippen LogP contribution in [-0.4, -0.2) is 12.5 Å². The molecular weight excluding hydrogens is 366 g/mol. The van der Waals surface area contributed by atoms with Crippen molar-refractivity contribution in [1.82, 2.24) is 5.32 Å². The summed E-state index contributed by atoms with van der Waals surface area (Å²) in [7, 11) is 0. The van der Waals surface area contributed by atoms with Crippen molar-refractivity contribution in [2.24, 2.45) is 5.92 Å². The molecule has 0 spiro atoms. The molecule has 2 rings (SSSR count). The first kappa shape index (κ1) is 18.5. The zero-order valence-electron chi connectivity index (χ0n) is 14.4. The molecule has 0 unspecified atom stereocenters. The Bertz CT molecular complexity index is 671. The van der Waals surface area contributed by atoms with E-state index in [0.717, 1.165) is 22.0 Å². The third-order valence-corrected chi connectivity index (χ3v) is 4.63. The van der Waals surface area contributed by atoms with Gasteiger partial charge in [-0.1, -0.05) is 60.1 Å². The highest BCUT2D eigenvalue weighted by atomic mass is 79.9. The highest BCUT2D eigenvalue weighted by Crippen LogP contribution is 2.22. The number of carbonyl (C=O) groups is 1. The van der Waals surface area contributed by atoms with Crippen LogP contribution in [0.1, 0.15) is 37.4 Å². The first-order chi connectivity index (χ1) is 11.5. The van der Waals surface area contributed by atoms with Crippen molar-refractivity contribution in [3.8, 4) is 5.75 Å². The molecule has 0 radical (unpaired) electrons. The van der Waals surface area contributed by atoms with Gasteiger partial charge in [0.05, 0.1) is 6.04 Å². The fourth-order valence-electron chi connectivity index (χ4n) is 2.53. The second-order valence-electron chi connectivity index (χ2n) is 6.36. The SMILES string of the molecule is Cc1cc(OCC(=O)N[C@@H](CC(C)C)c2ccccc2)ccc1Br. The van der Waals surface area contributed by atoms with Crippen LogP contribution in [0.5, 0.6) is 5.75 Å². The zero-order valence-corrected chi connectivity index (χ0v) is 16.0. The molecule has 0 aliphatic rings. The maximum Gasteiger partial charge on any atom is 0.258 e. The lowest BCUT2D eigenvalue weighted by Crippen LogP contribution is -2.33. The molecule has 0 fully saturated rings. The lowest BCUT2D eigenvalue weighted by atomic mass is 9.97. The lowest BCUT2D eigenvalue weighted by molar-refractivity contribution is -0.124. The summed E-state index contributed by atoms with van der Waals surface area (Å²) in [5, 5.41) is 3.09. The van der Waals surface area contributed by atoms with Gasteiger partial charge >= 0.3 is 0 Å². The van der Waals surface area contributed by atoms with Crippen molar-refractivity contribution in [2.75, 3.05) is 6.61 Å². The maximum absolute atomic E-state index is 12.3. The molecule has 0 aliphatic heterocycles. The molecule has 2 aromatic carbocycles. The first-order valence-electron chi connectivity index (χ1n) is 8.19. The van der Waals surface area contributed by atoms with Crippen molar-refractivity contribution in [1.29, 1.82) is 0 Å². The van der Waals surface area contributed by atoms with Crippen molar-refractivity contribution in [2.45, 2.75) is 33.2 Å². The summed E-state index contributed by atoms with van der Waals surface area (Å²) in [6.45, 7) is 6.32. The molecule has 0 heterocycles. The van der Waals surface area contributed by atoms with E-state index in [1.165, 1.54) is 0 Å². The van der Waals surface area contributed by atoms with E-state index in [1.54, 1.807) is 0 Å². The Hall–Kier alpha value is -1.81. The minimum absolute atomic E-state index is 0.00829. The van der Waals surface area contributed by atoms with Crippen molar-refractivity contribution in [3.63, 3.8) is 0 Å². The molecule has 0 aromatic heterocycles. The minimum Gasteiger partial charge on any atom is -0.484 e. The number of hydrogen-bond acceptors (Lipinski definition) is 2. The van der Waals surface area contributed by atoms with Crippen LogP contribution >= 0.6 is 15.9 Å². The fourth-order valence-corrected chi connectivity index (χ4v) is 2.77. The number of halogens is 1. The van der Waals surface area contributed by atoms with Gasteiger partial charge in [-0.25, -0.2) is 0 Å². The fraction of sp³-hybridized carbons (Fsp3) is 0.350. The number of nitrogens with one attached hydrogen (secondary N) is 1. The summed E-state index contributed by atoms with van der Waals surface area (Å²) < 4.78 is 6.64. The molecule has 0 aliphatic carbocycles. The van der Waals surface area contributed by atoms with Gasteiger partial charge in [0, 0.05) is 4.47 Å². The van der Waals surface area contributed by atoms with E-state index >= 15 is 0 Å². The molecule has 0 bridgehead atoms. The van der Waals surface area contributed by atoms with Crippen LogP contribution in [0.3, 0.4) is 0 Å². The van der Waals surface area contributed by atoms with E-state index in [2.05, 4.69) is 35.1 Å². The van der Waals surface area contributed by atoms with Gasteiger partial charge in [0.25, 0.3) is 5.91 Å². The number of amides is 1. The smallest absolute Gasteiger partial charge is 0.258 e. The van der Waals surface area contributed by atoms with Crippen LogP contribution in [0.15, 0.2) is 53.0 Å². The minimum atomic E-state index is -0.106. The quantitative estimate of drug-likeness (QED) is 0.719. The van der Waals surface area contributed by atoms with Crippen LogP contribution in [0.25, 0.3) is 0 Å². The Morgan fingerprint density at radius 3 is 2.50 bits per heavy atom. The first-order valence-corrected chi connectivity index (χ1v) is 8.98. The second kappa shape index (κ2) is 8.88. The van der Waals surface area contributed by atoms with Gasteiger partial charge in [0.1, 0.15) is 5.75 Å². The average molecular weight is 390 g/mol. The standard InChI is InChI=1S/C20H24BrNO2/c1-14(2)11-19(16-7-5-4-6-8-16)22-20(23)13-24-17-9-10-18(21)15(3)12-17/h4-10,12,14,19H,11,13H2,1-3H3,(H,22,23)/t19-/m0/s1. The summed E-state index contributed by atoms with van der Waals surface area (Å²) in [4.78, 5) is 12.3. The van der Waals surface area contributed by atoms with Crippen LogP contribution in [0, 0.1) is 12.8 Å². The van der Waals surface area contributed by atoms with E-state index in [-0.39, 0.29) is 18.6 Å². The van der Waals surface area contributed by atoms with E-state index in [0.29, 0.717) is 11.7 Å². The average Bonchev–Trinajstić information content (AvgIpc) is 2.56. The van der Waals surface area contributed by atoms with Gasteiger partial charge in [-0.3, -0.25) is 4.79 Å². The summed E-state index contributed by atoms with van der Waals surface area (Å²) in [5.74, 6) is 1.08. The Morgan fingerprint density at radius 1 is 1.17 bits per heavy atom. The lowest BCUT2D eigenvalue weighted by Gasteiger charge is -2.21. The van der Waals surface area contributed by atoms with Crippen LogP contribution in [-0.2, 0) is 4.79 Å².